The standard InChI is InChI=1S/C19H21N3O2S2/c23-16(21-13-6-3-1-2-4-7-13)10-22-12-20-18-17(19(22)24)14(11-26-18)15-8-5-9-25-15/h5,8-9,11-13H,1-4,6-7,10H2,(H,21,23). The zero-order chi connectivity index (χ0) is 17.9. The summed E-state index contributed by atoms with van der Waals surface area (Å²) in [6.45, 7) is 0.0258. The minimum Gasteiger partial charge on any atom is -0.352 e. The number of thiophene rings is 2. The number of amides is 1. The van der Waals surface area contributed by atoms with E-state index in [0.29, 0.717) is 5.39 Å². The molecule has 3 aromatic heterocycles. The average Bonchev–Trinajstić information content (AvgIpc) is 3.23. The number of aromatic nitrogens is 2. The highest BCUT2D eigenvalue weighted by molar-refractivity contribution is 7.18. The second kappa shape index (κ2) is 7.72. The Hall–Kier alpha value is -1.99. The van der Waals surface area contributed by atoms with Gasteiger partial charge < -0.3 is 5.32 Å². The molecule has 0 aromatic carbocycles. The lowest BCUT2D eigenvalue weighted by atomic mass is 10.1. The van der Waals surface area contributed by atoms with Crippen LogP contribution in [0.25, 0.3) is 20.7 Å². The van der Waals surface area contributed by atoms with E-state index in [4.69, 9.17) is 0 Å². The van der Waals surface area contributed by atoms with E-state index in [1.54, 1.807) is 11.3 Å². The number of hydrogen-bond acceptors (Lipinski definition) is 5. The molecule has 0 spiro atoms. The zero-order valence-electron chi connectivity index (χ0n) is 14.4. The fraction of sp³-hybridized carbons (Fsp3) is 0.421. The number of nitrogens with zero attached hydrogens (tertiary/aromatic N) is 2. The molecular formula is C19H21N3O2S2. The molecule has 3 heterocycles. The van der Waals surface area contributed by atoms with E-state index in [1.165, 1.54) is 35.1 Å². The fourth-order valence-electron chi connectivity index (χ4n) is 3.55. The van der Waals surface area contributed by atoms with Crippen molar-refractivity contribution in [3.8, 4) is 10.4 Å². The number of rotatable bonds is 4. The summed E-state index contributed by atoms with van der Waals surface area (Å²) < 4.78 is 1.43. The second-order valence-electron chi connectivity index (χ2n) is 6.74. The molecule has 1 amide bonds. The fourth-order valence-corrected chi connectivity index (χ4v) is 5.27. The molecule has 26 heavy (non-hydrogen) atoms. The van der Waals surface area contributed by atoms with Crippen molar-refractivity contribution in [1.82, 2.24) is 14.9 Å². The van der Waals surface area contributed by atoms with Gasteiger partial charge in [0, 0.05) is 21.9 Å². The van der Waals surface area contributed by atoms with Crippen molar-refractivity contribution in [2.75, 3.05) is 0 Å². The van der Waals surface area contributed by atoms with Gasteiger partial charge in [0.15, 0.2) is 0 Å². The third-order valence-electron chi connectivity index (χ3n) is 4.88. The first-order valence-corrected chi connectivity index (χ1v) is 10.8. The molecule has 136 valence electrons. The van der Waals surface area contributed by atoms with Crippen molar-refractivity contribution < 1.29 is 4.79 Å². The molecule has 1 N–H and O–H groups in total. The summed E-state index contributed by atoms with van der Waals surface area (Å²) in [5.41, 5.74) is 0.770. The molecule has 1 aliphatic rings. The lowest BCUT2D eigenvalue weighted by Gasteiger charge is -2.16. The highest BCUT2D eigenvalue weighted by Gasteiger charge is 2.17. The lowest BCUT2D eigenvalue weighted by Crippen LogP contribution is -2.38. The van der Waals surface area contributed by atoms with Crippen LogP contribution in [0, 0.1) is 0 Å². The van der Waals surface area contributed by atoms with Gasteiger partial charge >= 0.3 is 0 Å². The Labute approximate surface area is 159 Å². The Bertz CT molecular complexity index is 951. The summed E-state index contributed by atoms with van der Waals surface area (Å²) in [4.78, 5) is 31.5. The van der Waals surface area contributed by atoms with Crippen LogP contribution in [0.3, 0.4) is 0 Å². The molecule has 0 unspecified atom stereocenters. The maximum Gasteiger partial charge on any atom is 0.263 e. The summed E-state index contributed by atoms with van der Waals surface area (Å²) in [5.74, 6) is -0.104. The summed E-state index contributed by atoms with van der Waals surface area (Å²) in [6, 6.07) is 4.21. The molecule has 0 atom stereocenters. The van der Waals surface area contributed by atoms with E-state index < -0.39 is 0 Å². The molecule has 0 aliphatic heterocycles. The van der Waals surface area contributed by atoms with Crippen molar-refractivity contribution in [2.45, 2.75) is 51.1 Å². The quantitative estimate of drug-likeness (QED) is 0.688. The maximum atomic E-state index is 12.9. The van der Waals surface area contributed by atoms with E-state index in [0.717, 1.165) is 41.0 Å². The van der Waals surface area contributed by atoms with E-state index >= 15 is 0 Å². The van der Waals surface area contributed by atoms with Crippen LogP contribution in [0.4, 0.5) is 0 Å². The minimum atomic E-state index is -0.143. The number of nitrogens with one attached hydrogen (secondary N) is 1. The Morgan fingerprint density at radius 2 is 2.04 bits per heavy atom. The summed E-state index contributed by atoms with van der Waals surface area (Å²) in [5, 5.41) is 7.68. The molecule has 0 bridgehead atoms. The molecule has 1 fully saturated rings. The Morgan fingerprint density at radius 1 is 1.23 bits per heavy atom. The van der Waals surface area contributed by atoms with E-state index in [9.17, 15) is 9.59 Å². The highest BCUT2D eigenvalue weighted by Crippen LogP contribution is 2.33. The maximum absolute atomic E-state index is 12.9. The van der Waals surface area contributed by atoms with Crippen LogP contribution in [0.5, 0.6) is 0 Å². The van der Waals surface area contributed by atoms with Crippen molar-refractivity contribution >= 4 is 38.8 Å². The summed E-state index contributed by atoms with van der Waals surface area (Å²) in [6.07, 6.45) is 8.38. The first-order chi connectivity index (χ1) is 12.7. The van der Waals surface area contributed by atoms with Gasteiger partial charge in [0.1, 0.15) is 11.4 Å². The monoisotopic (exact) mass is 387 g/mol. The largest absolute Gasteiger partial charge is 0.352 e. The predicted octanol–water partition coefficient (Wildman–Crippen LogP) is 4.03. The number of hydrogen-bond donors (Lipinski definition) is 1. The number of fused-ring (bicyclic) bond motifs is 1. The topological polar surface area (TPSA) is 64.0 Å². The third kappa shape index (κ3) is 3.59. The Balaban J connectivity index is 1.57. The van der Waals surface area contributed by atoms with Gasteiger partial charge in [0.2, 0.25) is 5.91 Å². The van der Waals surface area contributed by atoms with Gasteiger partial charge in [0.05, 0.1) is 11.7 Å². The molecule has 4 rings (SSSR count). The smallest absolute Gasteiger partial charge is 0.263 e. The molecule has 1 saturated carbocycles. The first kappa shape index (κ1) is 17.4. The van der Waals surface area contributed by atoms with Crippen LogP contribution in [0.15, 0.2) is 34.0 Å². The van der Waals surface area contributed by atoms with E-state index in [1.807, 2.05) is 22.9 Å². The second-order valence-corrected chi connectivity index (χ2v) is 8.55. The van der Waals surface area contributed by atoms with Crippen molar-refractivity contribution in [3.05, 3.63) is 39.6 Å². The number of carbonyl (C=O) groups is 1. The normalized spacial score (nSPS) is 15.8. The summed E-state index contributed by atoms with van der Waals surface area (Å²) in [7, 11) is 0. The van der Waals surface area contributed by atoms with Gasteiger partial charge in [-0.2, -0.15) is 0 Å². The van der Waals surface area contributed by atoms with Crippen LogP contribution in [0.1, 0.15) is 38.5 Å². The third-order valence-corrected chi connectivity index (χ3v) is 6.67. The van der Waals surface area contributed by atoms with Crippen molar-refractivity contribution in [1.29, 1.82) is 0 Å². The predicted molar refractivity (Wildman–Crippen MR) is 107 cm³/mol. The zero-order valence-corrected chi connectivity index (χ0v) is 16.1. The van der Waals surface area contributed by atoms with Crippen molar-refractivity contribution in [3.63, 3.8) is 0 Å². The molecule has 0 radical (unpaired) electrons. The SMILES string of the molecule is O=C(Cn1cnc2scc(-c3cccs3)c2c1=O)NC1CCCCCC1. The Morgan fingerprint density at radius 3 is 2.77 bits per heavy atom. The van der Waals surface area contributed by atoms with Crippen LogP contribution in [-0.2, 0) is 11.3 Å². The molecule has 3 aromatic rings. The van der Waals surface area contributed by atoms with Crippen LogP contribution in [-0.4, -0.2) is 21.5 Å². The summed E-state index contributed by atoms with van der Waals surface area (Å²) >= 11 is 3.07. The van der Waals surface area contributed by atoms with Crippen LogP contribution in [0.2, 0.25) is 0 Å². The Kier molecular flexibility index (Phi) is 5.17. The van der Waals surface area contributed by atoms with E-state index in [2.05, 4.69) is 10.3 Å². The van der Waals surface area contributed by atoms with Crippen LogP contribution < -0.4 is 10.9 Å². The molecular weight excluding hydrogens is 366 g/mol. The highest BCUT2D eigenvalue weighted by atomic mass is 32.1. The van der Waals surface area contributed by atoms with Gasteiger partial charge in [0.25, 0.3) is 5.56 Å². The lowest BCUT2D eigenvalue weighted by molar-refractivity contribution is -0.122. The minimum absolute atomic E-state index is 0.0258. The van der Waals surface area contributed by atoms with E-state index in [-0.39, 0.29) is 24.1 Å². The van der Waals surface area contributed by atoms with Crippen molar-refractivity contribution in [2.24, 2.45) is 0 Å². The van der Waals surface area contributed by atoms with Crippen LogP contribution >= 0.6 is 22.7 Å². The molecule has 1 aliphatic carbocycles. The molecule has 7 heteroatoms. The van der Waals surface area contributed by atoms with Gasteiger partial charge in [-0.25, -0.2) is 4.98 Å². The number of carbonyl (C=O) groups excluding carboxylic acids is 1. The molecule has 0 saturated heterocycles. The van der Waals surface area contributed by atoms with Gasteiger partial charge in [-0.1, -0.05) is 31.7 Å². The average molecular weight is 388 g/mol. The molecule has 5 nitrogen and oxygen atoms in total. The van der Waals surface area contributed by atoms with Gasteiger partial charge in [-0.15, -0.1) is 22.7 Å². The first-order valence-electron chi connectivity index (χ1n) is 9.02. The van der Waals surface area contributed by atoms with Gasteiger partial charge in [-0.3, -0.25) is 14.2 Å². The van der Waals surface area contributed by atoms with Gasteiger partial charge in [-0.05, 0) is 24.3 Å².